The molecule has 2 aromatic carbocycles. The third-order valence-corrected chi connectivity index (χ3v) is 4.97. The van der Waals surface area contributed by atoms with Crippen molar-refractivity contribution in [1.82, 2.24) is 9.80 Å². The van der Waals surface area contributed by atoms with Crippen LogP contribution < -0.4 is 9.47 Å². The van der Waals surface area contributed by atoms with Gasteiger partial charge in [0.15, 0.2) is 11.5 Å². The molecule has 1 fully saturated rings. The summed E-state index contributed by atoms with van der Waals surface area (Å²) in [5.74, 6) is 1.79. The summed E-state index contributed by atoms with van der Waals surface area (Å²) >= 11 is 0. The van der Waals surface area contributed by atoms with Gasteiger partial charge in [0.1, 0.15) is 13.2 Å². The molecule has 5 nitrogen and oxygen atoms in total. The van der Waals surface area contributed by atoms with Crippen molar-refractivity contribution in [2.45, 2.75) is 13.5 Å². The van der Waals surface area contributed by atoms with Crippen molar-refractivity contribution in [2.75, 3.05) is 39.4 Å². The van der Waals surface area contributed by atoms with E-state index >= 15 is 0 Å². The maximum atomic E-state index is 12.6. The number of carbonyl (C=O) groups is 1. The molecule has 0 unspecified atom stereocenters. The van der Waals surface area contributed by atoms with Crippen LogP contribution in [0.15, 0.2) is 42.5 Å². The fourth-order valence-electron chi connectivity index (χ4n) is 3.43. The lowest BCUT2D eigenvalue weighted by Gasteiger charge is -2.35. The molecule has 2 aliphatic rings. The summed E-state index contributed by atoms with van der Waals surface area (Å²) in [5.41, 5.74) is 3.16. The normalized spacial score (nSPS) is 17.2. The van der Waals surface area contributed by atoms with E-state index in [4.69, 9.17) is 9.47 Å². The molecule has 0 N–H and O–H groups in total. The number of hydrogen-bond acceptors (Lipinski definition) is 4. The SMILES string of the molecule is Cc1ccc(C(=O)N2CCN(Cc3ccc4c(c3)OCCO4)CC2)cc1. The Morgan fingerprint density at radius 3 is 2.35 bits per heavy atom. The highest BCUT2D eigenvalue weighted by Crippen LogP contribution is 2.31. The molecule has 2 aliphatic heterocycles. The zero-order valence-electron chi connectivity index (χ0n) is 15.1. The number of nitrogens with zero attached hydrogens (tertiary/aromatic N) is 2. The molecule has 0 atom stereocenters. The molecule has 2 heterocycles. The predicted molar refractivity (Wildman–Crippen MR) is 99.8 cm³/mol. The zero-order valence-corrected chi connectivity index (χ0v) is 15.1. The number of rotatable bonds is 3. The van der Waals surface area contributed by atoms with Crippen LogP contribution in [-0.2, 0) is 6.54 Å². The van der Waals surface area contributed by atoms with Gasteiger partial charge in [-0.05, 0) is 36.8 Å². The van der Waals surface area contributed by atoms with E-state index in [1.807, 2.05) is 42.2 Å². The number of ether oxygens (including phenoxy) is 2. The highest BCUT2D eigenvalue weighted by atomic mass is 16.6. The van der Waals surface area contributed by atoms with Gasteiger partial charge in [-0.1, -0.05) is 23.8 Å². The Hall–Kier alpha value is -2.53. The zero-order chi connectivity index (χ0) is 17.9. The number of piperazine rings is 1. The van der Waals surface area contributed by atoms with Crippen molar-refractivity contribution in [2.24, 2.45) is 0 Å². The van der Waals surface area contributed by atoms with Crippen molar-refractivity contribution < 1.29 is 14.3 Å². The Labute approximate surface area is 154 Å². The fraction of sp³-hybridized carbons (Fsp3) is 0.381. The third-order valence-electron chi connectivity index (χ3n) is 4.97. The molecular weight excluding hydrogens is 328 g/mol. The Balaban J connectivity index is 1.33. The molecule has 0 aliphatic carbocycles. The summed E-state index contributed by atoms with van der Waals surface area (Å²) in [7, 11) is 0. The van der Waals surface area contributed by atoms with Crippen LogP contribution >= 0.6 is 0 Å². The number of amides is 1. The lowest BCUT2D eigenvalue weighted by molar-refractivity contribution is 0.0628. The van der Waals surface area contributed by atoms with E-state index in [9.17, 15) is 4.79 Å². The standard InChI is InChI=1S/C21H24N2O3/c1-16-2-5-18(6-3-16)21(24)23-10-8-22(9-11-23)15-17-4-7-19-20(14-17)26-13-12-25-19/h2-7,14H,8-13,15H2,1H3. The van der Waals surface area contributed by atoms with Crippen LogP contribution in [0.2, 0.25) is 0 Å². The van der Waals surface area contributed by atoms with E-state index in [1.165, 1.54) is 11.1 Å². The van der Waals surface area contributed by atoms with Crippen LogP contribution in [0.4, 0.5) is 0 Å². The van der Waals surface area contributed by atoms with Crippen molar-refractivity contribution >= 4 is 5.91 Å². The lowest BCUT2D eigenvalue weighted by Crippen LogP contribution is -2.48. The first kappa shape index (κ1) is 16.9. The summed E-state index contributed by atoms with van der Waals surface area (Å²) in [4.78, 5) is 16.9. The largest absolute Gasteiger partial charge is 0.486 e. The van der Waals surface area contributed by atoms with Crippen LogP contribution in [0.1, 0.15) is 21.5 Å². The first-order valence-corrected chi connectivity index (χ1v) is 9.16. The van der Waals surface area contributed by atoms with Crippen LogP contribution in [0.25, 0.3) is 0 Å². The third kappa shape index (κ3) is 3.68. The maximum Gasteiger partial charge on any atom is 0.253 e. The summed E-state index contributed by atoms with van der Waals surface area (Å²) in [6.45, 7) is 7.40. The van der Waals surface area contributed by atoms with Gasteiger partial charge in [-0.3, -0.25) is 9.69 Å². The second kappa shape index (κ2) is 7.38. The fourth-order valence-corrected chi connectivity index (χ4v) is 3.43. The number of aryl methyl sites for hydroxylation is 1. The van der Waals surface area contributed by atoms with Gasteiger partial charge in [0.05, 0.1) is 0 Å². The minimum absolute atomic E-state index is 0.129. The van der Waals surface area contributed by atoms with Gasteiger partial charge >= 0.3 is 0 Å². The van der Waals surface area contributed by atoms with E-state index < -0.39 is 0 Å². The van der Waals surface area contributed by atoms with Gasteiger partial charge < -0.3 is 14.4 Å². The Kier molecular flexibility index (Phi) is 4.80. The summed E-state index contributed by atoms with van der Waals surface area (Å²) in [6, 6.07) is 14.0. The molecular formula is C21H24N2O3. The summed E-state index contributed by atoms with van der Waals surface area (Å²) in [6.07, 6.45) is 0. The van der Waals surface area contributed by atoms with Crippen LogP contribution in [0.3, 0.4) is 0 Å². The van der Waals surface area contributed by atoms with E-state index in [0.29, 0.717) is 13.2 Å². The second-order valence-corrected chi connectivity index (χ2v) is 6.91. The van der Waals surface area contributed by atoms with E-state index in [1.54, 1.807) is 0 Å². The quantitative estimate of drug-likeness (QED) is 0.852. The molecule has 2 aromatic rings. The summed E-state index contributed by atoms with van der Waals surface area (Å²) in [5, 5.41) is 0. The lowest BCUT2D eigenvalue weighted by atomic mass is 10.1. The molecule has 1 saturated heterocycles. The van der Waals surface area contributed by atoms with Crippen LogP contribution in [0, 0.1) is 6.92 Å². The van der Waals surface area contributed by atoms with E-state index in [0.717, 1.165) is 49.8 Å². The first-order valence-electron chi connectivity index (χ1n) is 9.16. The molecule has 0 spiro atoms. The average Bonchev–Trinajstić information content (AvgIpc) is 2.68. The van der Waals surface area contributed by atoms with Crippen molar-refractivity contribution in [1.29, 1.82) is 0 Å². The van der Waals surface area contributed by atoms with Crippen LogP contribution in [-0.4, -0.2) is 55.1 Å². The van der Waals surface area contributed by atoms with Crippen LogP contribution in [0.5, 0.6) is 11.5 Å². The predicted octanol–water partition coefficient (Wildman–Crippen LogP) is 2.72. The molecule has 4 rings (SSSR count). The Bertz CT molecular complexity index is 780. The molecule has 1 amide bonds. The van der Waals surface area contributed by atoms with Crippen molar-refractivity contribution in [3.05, 3.63) is 59.2 Å². The Morgan fingerprint density at radius 2 is 1.62 bits per heavy atom. The maximum absolute atomic E-state index is 12.6. The highest BCUT2D eigenvalue weighted by molar-refractivity contribution is 5.94. The average molecular weight is 352 g/mol. The van der Waals surface area contributed by atoms with Gasteiger partial charge in [0, 0.05) is 38.3 Å². The van der Waals surface area contributed by atoms with Crippen molar-refractivity contribution in [3.8, 4) is 11.5 Å². The number of benzene rings is 2. The van der Waals surface area contributed by atoms with Crippen molar-refractivity contribution in [3.63, 3.8) is 0 Å². The Morgan fingerprint density at radius 1 is 0.923 bits per heavy atom. The molecule has 136 valence electrons. The van der Waals surface area contributed by atoms with Gasteiger partial charge in [0.25, 0.3) is 5.91 Å². The smallest absolute Gasteiger partial charge is 0.253 e. The first-order chi connectivity index (χ1) is 12.7. The van der Waals surface area contributed by atoms with E-state index in [-0.39, 0.29) is 5.91 Å². The molecule has 0 aromatic heterocycles. The number of fused-ring (bicyclic) bond motifs is 1. The van der Waals surface area contributed by atoms with Gasteiger partial charge in [-0.25, -0.2) is 0 Å². The number of hydrogen-bond donors (Lipinski definition) is 0. The summed E-state index contributed by atoms with van der Waals surface area (Å²) < 4.78 is 11.2. The molecule has 0 radical (unpaired) electrons. The van der Waals surface area contributed by atoms with Gasteiger partial charge in [0.2, 0.25) is 0 Å². The van der Waals surface area contributed by atoms with Gasteiger partial charge in [-0.15, -0.1) is 0 Å². The number of carbonyl (C=O) groups excluding carboxylic acids is 1. The minimum atomic E-state index is 0.129. The van der Waals surface area contributed by atoms with Gasteiger partial charge in [-0.2, -0.15) is 0 Å². The molecule has 0 bridgehead atoms. The minimum Gasteiger partial charge on any atom is -0.486 e. The second-order valence-electron chi connectivity index (χ2n) is 6.91. The molecule has 0 saturated carbocycles. The molecule has 5 heteroatoms. The monoisotopic (exact) mass is 352 g/mol. The molecule has 26 heavy (non-hydrogen) atoms. The highest BCUT2D eigenvalue weighted by Gasteiger charge is 2.22. The van der Waals surface area contributed by atoms with E-state index in [2.05, 4.69) is 17.0 Å². The topological polar surface area (TPSA) is 42.0 Å².